The van der Waals surface area contributed by atoms with E-state index in [9.17, 15) is 14.0 Å². The van der Waals surface area contributed by atoms with Crippen LogP contribution >= 0.6 is 11.3 Å². The molecule has 0 saturated heterocycles. The van der Waals surface area contributed by atoms with Crippen molar-refractivity contribution >= 4 is 34.4 Å². The van der Waals surface area contributed by atoms with Crippen LogP contribution in [0.2, 0.25) is 0 Å². The van der Waals surface area contributed by atoms with Crippen molar-refractivity contribution in [3.05, 3.63) is 94.1 Å². The lowest BCUT2D eigenvalue weighted by molar-refractivity contribution is -0.136. The Kier molecular flexibility index (Phi) is 5.77. The SMILES string of the molecule is CCN(C1=C(c2cccs2)C(=O)N(CCc2ccc(F)cc2)C1=O)c1ccccc1. The number of anilines is 1. The normalized spacial score (nSPS) is 14.0. The maximum absolute atomic E-state index is 13.4. The first kappa shape index (κ1) is 20.0. The summed E-state index contributed by atoms with van der Waals surface area (Å²) in [6.45, 7) is 2.76. The zero-order valence-electron chi connectivity index (χ0n) is 16.5. The van der Waals surface area contributed by atoms with Crippen LogP contribution in [-0.2, 0) is 16.0 Å². The summed E-state index contributed by atoms with van der Waals surface area (Å²) in [6, 6.07) is 19.5. The summed E-state index contributed by atoms with van der Waals surface area (Å²) >= 11 is 1.44. The van der Waals surface area contributed by atoms with E-state index in [0.29, 0.717) is 24.2 Å². The van der Waals surface area contributed by atoms with E-state index in [0.717, 1.165) is 16.1 Å². The number of hydrogen-bond donors (Lipinski definition) is 0. The first-order valence-electron chi connectivity index (χ1n) is 9.81. The minimum absolute atomic E-state index is 0.244. The number of carbonyl (C=O) groups is 2. The topological polar surface area (TPSA) is 40.6 Å². The Balaban J connectivity index is 1.68. The number of likely N-dealkylation sites (N-methyl/N-ethyl adjacent to an activating group) is 1. The molecule has 0 spiro atoms. The summed E-state index contributed by atoms with van der Waals surface area (Å²) in [6.07, 6.45) is 0.472. The summed E-state index contributed by atoms with van der Waals surface area (Å²) in [5.41, 5.74) is 2.60. The second-order valence-electron chi connectivity index (χ2n) is 6.92. The van der Waals surface area contributed by atoms with Gasteiger partial charge in [0.2, 0.25) is 0 Å². The van der Waals surface area contributed by atoms with Gasteiger partial charge in [0.15, 0.2) is 0 Å². The standard InChI is InChI=1S/C24H21FN2O2S/c1-2-26(19-7-4-3-5-8-19)22-21(20-9-6-16-30-20)23(28)27(24(22)29)15-14-17-10-12-18(25)13-11-17/h3-13,16H,2,14-15H2,1H3. The van der Waals surface area contributed by atoms with E-state index in [1.54, 1.807) is 12.1 Å². The van der Waals surface area contributed by atoms with Crippen LogP contribution in [0.4, 0.5) is 10.1 Å². The molecule has 0 saturated carbocycles. The highest BCUT2D eigenvalue weighted by Crippen LogP contribution is 2.36. The van der Waals surface area contributed by atoms with Gasteiger partial charge in [0.05, 0.1) is 5.57 Å². The molecule has 0 aliphatic carbocycles. The maximum Gasteiger partial charge on any atom is 0.278 e. The predicted octanol–water partition coefficient (Wildman–Crippen LogP) is 4.74. The molecular weight excluding hydrogens is 399 g/mol. The van der Waals surface area contributed by atoms with Gasteiger partial charge in [-0.05, 0) is 54.6 Å². The van der Waals surface area contributed by atoms with Crippen molar-refractivity contribution in [3.63, 3.8) is 0 Å². The monoisotopic (exact) mass is 420 g/mol. The number of para-hydroxylation sites is 1. The molecule has 2 amide bonds. The number of halogens is 1. The highest BCUT2D eigenvalue weighted by Gasteiger charge is 2.41. The fraction of sp³-hybridized carbons (Fsp3) is 0.167. The van der Waals surface area contributed by atoms with E-state index in [1.807, 2.05) is 59.7 Å². The Morgan fingerprint density at radius 1 is 0.933 bits per heavy atom. The van der Waals surface area contributed by atoms with Crippen molar-refractivity contribution in [1.29, 1.82) is 0 Å². The van der Waals surface area contributed by atoms with Crippen molar-refractivity contribution < 1.29 is 14.0 Å². The van der Waals surface area contributed by atoms with Crippen molar-refractivity contribution in [3.8, 4) is 0 Å². The molecule has 2 aromatic carbocycles. The van der Waals surface area contributed by atoms with Crippen LogP contribution < -0.4 is 4.90 Å². The number of thiophene rings is 1. The van der Waals surface area contributed by atoms with Gasteiger partial charge in [0.25, 0.3) is 11.8 Å². The zero-order chi connectivity index (χ0) is 21.1. The molecule has 1 aliphatic rings. The molecule has 2 heterocycles. The average molecular weight is 421 g/mol. The number of benzene rings is 2. The molecule has 0 atom stereocenters. The molecule has 1 aromatic heterocycles. The van der Waals surface area contributed by atoms with Gasteiger partial charge in [-0.2, -0.15) is 0 Å². The molecule has 152 valence electrons. The Hall–Kier alpha value is -3.25. The summed E-state index contributed by atoms with van der Waals surface area (Å²) in [5, 5.41) is 1.90. The number of nitrogens with zero attached hydrogens (tertiary/aromatic N) is 2. The third-order valence-corrected chi connectivity index (χ3v) is 5.99. The Morgan fingerprint density at radius 2 is 1.67 bits per heavy atom. The second kappa shape index (κ2) is 8.63. The van der Waals surface area contributed by atoms with Crippen LogP contribution in [-0.4, -0.2) is 29.8 Å². The van der Waals surface area contributed by atoms with Crippen LogP contribution in [0, 0.1) is 5.82 Å². The van der Waals surface area contributed by atoms with Crippen molar-refractivity contribution in [2.24, 2.45) is 0 Å². The fourth-order valence-corrected chi connectivity index (χ4v) is 4.39. The van der Waals surface area contributed by atoms with Crippen molar-refractivity contribution in [1.82, 2.24) is 4.90 Å². The minimum Gasteiger partial charge on any atom is -0.337 e. The first-order valence-corrected chi connectivity index (χ1v) is 10.7. The van der Waals surface area contributed by atoms with E-state index in [1.165, 1.54) is 28.4 Å². The van der Waals surface area contributed by atoms with E-state index in [-0.39, 0.29) is 24.2 Å². The van der Waals surface area contributed by atoms with Crippen LogP contribution in [0.15, 0.2) is 77.8 Å². The quantitative estimate of drug-likeness (QED) is 0.519. The van der Waals surface area contributed by atoms with Gasteiger partial charge in [0, 0.05) is 23.7 Å². The fourth-order valence-electron chi connectivity index (χ4n) is 3.63. The molecule has 4 rings (SSSR count). The molecule has 0 N–H and O–H groups in total. The lowest BCUT2D eigenvalue weighted by Gasteiger charge is -2.24. The Labute approximate surface area is 178 Å². The molecule has 6 heteroatoms. The highest BCUT2D eigenvalue weighted by molar-refractivity contribution is 7.11. The van der Waals surface area contributed by atoms with Crippen molar-refractivity contribution in [2.45, 2.75) is 13.3 Å². The second-order valence-corrected chi connectivity index (χ2v) is 7.87. The summed E-state index contributed by atoms with van der Waals surface area (Å²) in [5.74, 6) is -0.886. The van der Waals surface area contributed by atoms with Crippen LogP contribution in [0.25, 0.3) is 5.57 Å². The van der Waals surface area contributed by atoms with E-state index < -0.39 is 0 Å². The number of amides is 2. The van der Waals surface area contributed by atoms with E-state index in [4.69, 9.17) is 0 Å². The highest BCUT2D eigenvalue weighted by atomic mass is 32.1. The molecular formula is C24H21FN2O2S. The van der Waals surface area contributed by atoms with E-state index in [2.05, 4.69) is 0 Å². The molecule has 0 radical (unpaired) electrons. The molecule has 30 heavy (non-hydrogen) atoms. The Morgan fingerprint density at radius 3 is 2.30 bits per heavy atom. The minimum atomic E-state index is -0.308. The number of carbonyl (C=O) groups excluding carboxylic acids is 2. The summed E-state index contributed by atoms with van der Waals surface area (Å²) < 4.78 is 13.2. The smallest absolute Gasteiger partial charge is 0.278 e. The average Bonchev–Trinajstić information content (AvgIpc) is 3.37. The van der Waals surface area contributed by atoms with Crippen LogP contribution in [0.3, 0.4) is 0 Å². The molecule has 3 aromatic rings. The summed E-state index contributed by atoms with van der Waals surface area (Å²) in [4.78, 5) is 30.7. The Bertz CT molecular complexity index is 1080. The van der Waals surface area contributed by atoms with Crippen LogP contribution in [0.1, 0.15) is 17.4 Å². The lowest BCUT2D eigenvalue weighted by atomic mass is 10.1. The first-order chi connectivity index (χ1) is 14.6. The van der Waals surface area contributed by atoms with Gasteiger partial charge in [-0.15, -0.1) is 11.3 Å². The molecule has 0 unspecified atom stereocenters. The largest absolute Gasteiger partial charge is 0.337 e. The summed E-state index contributed by atoms with van der Waals surface area (Å²) in [7, 11) is 0. The molecule has 0 bridgehead atoms. The van der Waals surface area contributed by atoms with Gasteiger partial charge in [-0.25, -0.2) is 4.39 Å². The molecule has 1 aliphatic heterocycles. The third kappa shape index (κ3) is 3.78. The van der Waals surface area contributed by atoms with Gasteiger partial charge in [-0.1, -0.05) is 36.4 Å². The lowest BCUT2D eigenvalue weighted by Crippen LogP contribution is -2.36. The predicted molar refractivity (Wildman–Crippen MR) is 118 cm³/mol. The van der Waals surface area contributed by atoms with Crippen LogP contribution in [0.5, 0.6) is 0 Å². The number of rotatable bonds is 7. The van der Waals surface area contributed by atoms with Gasteiger partial charge >= 0.3 is 0 Å². The zero-order valence-corrected chi connectivity index (χ0v) is 17.4. The van der Waals surface area contributed by atoms with E-state index >= 15 is 0 Å². The van der Waals surface area contributed by atoms with Gasteiger partial charge in [-0.3, -0.25) is 14.5 Å². The maximum atomic E-state index is 13.4. The third-order valence-electron chi connectivity index (χ3n) is 5.10. The van der Waals surface area contributed by atoms with Gasteiger partial charge < -0.3 is 4.90 Å². The van der Waals surface area contributed by atoms with Crippen molar-refractivity contribution in [2.75, 3.05) is 18.0 Å². The number of hydrogen-bond acceptors (Lipinski definition) is 4. The molecule has 4 nitrogen and oxygen atoms in total. The molecule has 0 fully saturated rings. The number of imide groups is 1. The van der Waals surface area contributed by atoms with Gasteiger partial charge in [0.1, 0.15) is 11.5 Å².